The van der Waals surface area contributed by atoms with Crippen LogP contribution < -0.4 is 5.32 Å². The van der Waals surface area contributed by atoms with E-state index in [0.29, 0.717) is 37.6 Å². The van der Waals surface area contributed by atoms with Gasteiger partial charge >= 0.3 is 0 Å². The highest BCUT2D eigenvalue weighted by molar-refractivity contribution is 6.36. The summed E-state index contributed by atoms with van der Waals surface area (Å²) >= 11 is 25.0. The quantitative estimate of drug-likeness (QED) is 0.421. The van der Waals surface area contributed by atoms with Gasteiger partial charge in [0.15, 0.2) is 0 Å². The lowest BCUT2D eigenvalue weighted by atomic mass is 10.1. The zero-order valence-electron chi connectivity index (χ0n) is 17.7. The van der Waals surface area contributed by atoms with Gasteiger partial charge in [0.05, 0.1) is 6.42 Å². The molecule has 4 nitrogen and oxygen atoms in total. The molecule has 0 aliphatic rings. The lowest BCUT2D eigenvalue weighted by Crippen LogP contribution is -2.51. The molecule has 0 saturated carbocycles. The Morgan fingerprint density at radius 3 is 2.16 bits per heavy atom. The van der Waals surface area contributed by atoms with Gasteiger partial charge in [0.2, 0.25) is 11.8 Å². The smallest absolute Gasteiger partial charge is 0.243 e. The van der Waals surface area contributed by atoms with Crippen LogP contribution in [0.25, 0.3) is 0 Å². The van der Waals surface area contributed by atoms with Gasteiger partial charge in [-0.05, 0) is 49.6 Å². The molecule has 0 radical (unpaired) electrons. The molecule has 0 aliphatic carbocycles. The molecule has 168 valence electrons. The third-order valence-electron chi connectivity index (χ3n) is 5.13. The molecule has 0 heterocycles. The predicted molar refractivity (Wildman–Crippen MR) is 129 cm³/mol. The van der Waals surface area contributed by atoms with Gasteiger partial charge in [-0.2, -0.15) is 0 Å². The van der Waals surface area contributed by atoms with Gasteiger partial charge in [-0.25, -0.2) is 0 Å². The Labute approximate surface area is 203 Å². The zero-order chi connectivity index (χ0) is 23.1. The largest absolute Gasteiger partial charge is 0.352 e. The van der Waals surface area contributed by atoms with Crippen molar-refractivity contribution < 1.29 is 9.59 Å². The molecule has 8 heteroatoms. The first-order chi connectivity index (χ1) is 14.7. The Kier molecular flexibility index (Phi) is 9.95. The number of nitrogens with one attached hydrogen (secondary N) is 1. The number of amides is 2. The van der Waals surface area contributed by atoms with Crippen molar-refractivity contribution >= 4 is 58.2 Å². The van der Waals surface area contributed by atoms with Crippen LogP contribution in [0.3, 0.4) is 0 Å². The fourth-order valence-corrected chi connectivity index (χ4v) is 4.14. The second-order valence-corrected chi connectivity index (χ2v) is 9.03. The van der Waals surface area contributed by atoms with Crippen molar-refractivity contribution in [3.8, 4) is 0 Å². The molecule has 0 aliphatic heterocycles. The molecule has 2 atom stereocenters. The predicted octanol–water partition coefficient (Wildman–Crippen LogP) is 6.56. The average molecular weight is 504 g/mol. The molecule has 2 aromatic carbocycles. The molecular formula is C23H26Cl4N2O2. The molecular weight excluding hydrogens is 478 g/mol. The number of hydrogen-bond donors (Lipinski definition) is 1. The van der Waals surface area contributed by atoms with E-state index in [1.807, 2.05) is 20.8 Å². The van der Waals surface area contributed by atoms with Crippen molar-refractivity contribution in [3.63, 3.8) is 0 Å². The summed E-state index contributed by atoms with van der Waals surface area (Å²) in [5, 5.41) is 4.73. The molecule has 0 spiro atoms. The van der Waals surface area contributed by atoms with Crippen LogP contribution in [0.1, 0.15) is 44.7 Å². The molecule has 2 amide bonds. The Bertz CT molecular complexity index is 916. The number of carbonyl (C=O) groups is 2. The monoisotopic (exact) mass is 502 g/mol. The first kappa shape index (κ1) is 25.8. The summed E-state index contributed by atoms with van der Waals surface area (Å²) in [6.07, 6.45) is 1.24. The fourth-order valence-electron chi connectivity index (χ4n) is 3.14. The minimum absolute atomic E-state index is 0.00638. The summed E-state index contributed by atoms with van der Waals surface area (Å²) in [4.78, 5) is 27.9. The molecule has 0 aromatic heterocycles. The maximum atomic E-state index is 13.4. The van der Waals surface area contributed by atoms with Crippen molar-refractivity contribution in [2.24, 2.45) is 0 Å². The highest BCUT2D eigenvalue weighted by Gasteiger charge is 2.30. The van der Waals surface area contributed by atoms with Gasteiger partial charge in [0, 0.05) is 38.2 Å². The van der Waals surface area contributed by atoms with Gasteiger partial charge in [-0.15, -0.1) is 0 Å². The molecule has 2 rings (SSSR count). The van der Waals surface area contributed by atoms with E-state index in [4.69, 9.17) is 46.4 Å². The Hall–Kier alpha value is -1.46. The van der Waals surface area contributed by atoms with Gasteiger partial charge in [-0.3, -0.25) is 9.59 Å². The van der Waals surface area contributed by atoms with E-state index >= 15 is 0 Å². The van der Waals surface area contributed by atoms with Crippen LogP contribution in [-0.4, -0.2) is 28.8 Å². The highest BCUT2D eigenvalue weighted by atomic mass is 35.5. The van der Waals surface area contributed by atoms with Crippen molar-refractivity contribution in [2.75, 3.05) is 0 Å². The van der Waals surface area contributed by atoms with Gasteiger partial charge < -0.3 is 10.2 Å². The standard InChI is InChI=1S/C23H26Cl4N2O2/c1-4-14(3)28-23(31)21(5-2)29(13-17-18(25)7-6-8-19(17)26)22(30)11-15-9-10-16(24)12-20(15)27/h6-10,12,14,21H,4-5,11,13H2,1-3H3,(H,28,31)/t14-,21+/m0/s1. The van der Waals surface area contributed by atoms with E-state index in [1.54, 1.807) is 36.4 Å². The average Bonchev–Trinajstić information content (AvgIpc) is 2.71. The van der Waals surface area contributed by atoms with Crippen LogP contribution in [0.15, 0.2) is 36.4 Å². The van der Waals surface area contributed by atoms with Crippen molar-refractivity contribution in [2.45, 2.75) is 58.7 Å². The van der Waals surface area contributed by atoms with E-state index in [1.165, 1.54) is 4.90 Å². The topological polar surface area (TPSA) is 49.4 Å². The second kappa shape index (κ2) is 12.0. The van der Waals surface area contributed by atoms with Gasteiger partial charge in [0.1, 0.15) is 6.04 Å². The van der Waals surface area contributed by atoms with Gasteiger partial charge in [-0.1, -0.05) is 72.4 Å². The Balaban J connectivity index is 2.40. The van der Waals surface area contributed by atoms with Crippen LogP contribution in [0, 0.1) is 0 Å². The summed E-state index contributed by atoms with van der Waals surface area (Å²) in [6, 6.07) is 9.45. The Morgan fingerprint density at radius 2 is 1.61 bits per heavy atom. The maximum absolute atomic E-state index is 13.4. The summed E-state index contributed by atoms with van der Waals surface area (Å²) < 4.78 is 0. The van der Waals surface area contributed by atoms with Crippen LogP contribution in [-0.2, 0) is 22.6 Å². The highest BCUT2D eigenvalue weighted by Crippen LogP contribution is 2.28. The second-order valence-electron chi connectivity index (χ2n) is 7.38. The molecule has 0 saturated heterocycles. The first-order valence-corrected chi connectivity index (χ1v) is 11.7. The molecule has 31 heavy (non-hydrogen) atoms. The Morgan fingerprint density at radius 1 is 0.968 bits per heavy atom. The zero-order valence-corrected chi connectivity index (χ0v) is 20.7. The van der Waals surface area contributed by atoms with Gasteiger partial charge in [0.25, 0.3) is 0 Å². The third kappa shape index (κ3) is 7.01. The first-order valence-electron chi connectivity index (χ1n) is 10.1. The minimum atomic E-state index is -0.681. The third-order valence-corrected chi connectivity index (χ3v) is 6.43. The lowest BCUT2D eigenvalue weighted by Gasteiger charge is -2.32. The molecule has 2 aromatic rings. The normalized spacial score (nSPS) is 12.9. The number of nitrogens with zero attached hydrogens (tertiary/aromatic N) is 1. The van der Waals surface area contributed by atoms with Crippen LogP contribution in [0.5, 0.6) is 0 Å². The lowest BCUT2D eigenvalue weighted by molar-refractivity contribution is -0.141. The number of halogens is 4. The number of rotatable bonds is 9. The van der Waals surface area contributed by atoms with E-state index in [9.17, 15) is 9.59 Å². The number of hydrogen-bond acceptors (Lipinski definition) is 2. The van der Waals surface area contributed by atoms with E-state index in [0.717, 1.165) is 6.42 Å². The molecule has 1 N–H and O–H groups in total. The summed E-state index contributed by atoms with van der Waals surface area (Å²) in [5.74, 6) is -0.470. The molecule has 0 unspecified atom stereocenters. The van der Waals surface area contributed by atoms with E-state index in [-0.39, 0.29) is 30.8 Å². The number of carbonyl (C=O) groups excluding carboxylic acids is 2. The van der Waals surface area contributed by atoms with Crippen LogP contribution >= 0.6 is 46.4 Å². The fraction of sp³-hybridized carbons (Fsp3) is 0.391. The van der Waals surface area contributed by atoms with Crippen LogP contribution in [0.2, 0.25) is 20.1 Å². The summed E-state index contributed by atoms with van der Waals surface area (Å²) in [7, 11) is 0. The molecule has 0 fully saturated rings. The number of benzene rings is 2. The summed E-state index contributed by atoms with van der Waals surface area (Å²) in [5.41, 5.74) is 1.22. The summed E-state index contributed by atoms with van der Waals surface area (Å²) in [6.45, 7) is 5.88. The molecule has 0 bridgehead atoms. The maximum Gasteiger partial charge on any atom is 0.243 e. The van der Waals surface area contributed by atoms with Crippen molar-refractivity contribution in [3.05, 3.63) is 67.6 Å². The van der Waals surface area contributed by atoms with Crippen LogP contribution in [0.4, 0.5) is 0 Å². The SMILES string of the molecule is CC[C@H](C(=O)N[C@@H](C)CC)N(Cc1c(Cl)cccc1Cl)C(=O)Cc1ccc(Cl)cc1Cl. The van der Waals surface area contributed by atoms with E-state index in [2.05, 4.69) is 5.32 Å². The minimum Gasteiger partial charge on any atom is -0.352 e. The van der Waals surface area contributed by atoms with Crippen molar-refractivity contribution in [1.29, 1.82) is 0 Å². The van der Waals surface area contributed by atoms with E-state index < -0.39 is 6.04 Å². The van der Waals surface area contributed by atoms with Crippen molar-refractivity contribution in [1.82, 2.24) is 10.2 Å².